The van der Waals surface area contributed by atoms with Gasteiger partial charge in [0.15, 0.2) is 0 Å². The van der Waals surface area contributed by atoms with Crippen LogP contribution in [0.5, 0.6) is 0 Å². The van der Waals surface area contributed by atoms with Gasteiger partial charge in [-0.3, -0.25) is 9.59 Å². The summed E-state index contributed by atoms with van der Waals surface area (Å²) in [5.74, 6) is -4.61. The first kappa shape index (κ1) is 23.7. The van der Waals surface area contributed by atoms with E-state index >= 15 is 0 Å². The molecule has 0 aliphatic carbocycles. The van der Waals surface area contributed by atoms with Crippen molar-refractivity contribution in [3.8, 4) is 0 Å². The van der Waals surface area contributed by atoms with E-state index in [0.717, 1.165) is 17.0 Å². The summed E-state index contributed by atoms with van der Waals surface area (Å²) in [6, 6.07) is 3.91. The molecule has 172 valence electrons. The number of nitrogens with one attached hydrogen (secondary N) is 1. The Morgan fingerprint density at radius 1 is 1.28 bits per heavy atom. The standard InChI is InChI=1S/C20H18ClF4N3O4/c1-9-4-11(20(23,24)25)6-16(27-9)28-15(7-12(18(28)30)19(31)32)17(29)26-8-10-2-3-14(22)13(21)5-10/h2-6,12,15,18,30H,7-8H2,1H3,(H,26,29)(H,31,32)/t12?,15-,18-/m0/s1. The summed E-state index contributed by atoms with van der Waals surface area (Å²) in [5, 5.41) is 22.2. The third-order valence-corrected chi connectivity index (χ3v) is 5.35. The minimum absolute atomic E-state index is 0.0269. The van der Waals surface area contributed by atoms with Crippen molar-refractivity contribution in [2.45, 2.75) is 38.3 Å². The molecule has 1 aromatic carbocycles. The normalized spacial score (nSPS) is 21.0. The first-order valence-electron chi connectivity index (χ1n) is 9.35. The maximum Gasteiger partial charge on any atom is 0.416 e. The number of anilines is 1. The van der Waals surface area contributed by atoms with Gasteiger partial charge in [0.25, 0.3) is 0 Å². The Bertz CT molecular complexity index is 1050. The number of alkyl halides is 3. The number of aromatic nitrogens is 1. The number of carbonyl (C=O) groups excluding carboxylic acids is 1. The lowest BCUT2D eigenvalue weighted by molar-refractivity contribution is -0.144. The highest BCUT2D eigenvalue weighted by molar-refractivity contribution is 6.30. The van der Waals surface area contributed by atoms with E-state index in [9.17, 15) is 37.4 Å². The van der Waals surface area contributed by atoms with E-state index < -0.39 is 47.6 Å². The summed E-state index contributed by atoms with van der Waals surface area (Å²) < 4.78 is 53.0. The molecule has 2 aromatic rings. The van der Waals surface area contributed by atoms with Gasteiger partial charge in [-0.1, -0.05) is 17.7 Å². The Hall–Kier alpha value is -2.92. The van der Waals surface area contributed by atoms with Gasteiger partial charge in [-0.2, -0.15) is 13.2 Å². The van der Waals surface area contributed by atoms with Crippen LogP contribution in [0.4, 0.5) is 23.4 Å². The Morgan fingerprint density at radius 2 is 1.97 bits per heavy atom. The van der Waals surface area contributed by atoms with Crippen molar-refractivity contribution in [2.24, 2.45) is 5.92 Å². The molecule has 1 fully saturated rings. The molecular formula is C20H18ClF4N3O4. The predicted molar refractivity (Wildman–Crippen MR) is 105 cm³/mol. The number of aryl methyl sites for hydroxylation is 1. The van der Waals surface area contributed by atoms with E-state index in [4.69, 9.17) is 11.6 Å². The molecular weight excluding hydrogens is 458 g/mol. The van der Waals surface area contributed by atoms with Gasteiger partial charge < -0.3 is 20.4 Å². The molecule has 32 heavy (non-hydrogen) atoms. The summed E-state index contributed by atoms with van der Waals surface area (Å²) >= 11 is 5.70. The zero-order valence-corrected chi connectivity index (χ0v) is 17.3. The van der Waals surface area contributed by atoms with Gasteiger partial charge in [-0.15, -0.1) is 0 Å². The summed E-state index contributed by atoms with van der Waals surface area (Å²) in [7, 11) is 0. The zero-order valence-electron chi connectivity index (χ0n) is 16.5. The number of hydrogen-bond acceptors (Lipinski definition) is 5. The summed E-state index contributed by atoms with van der Waals surface area (Å²) in [6.45, 7) is 1.20. The molecule has 3 rings (SSSR count). The van der Waals surface area contributed by atoms with E-state index in [1.807, 2.05) is 0 Å². The van der Waals surface area contributed by atoms with Crippen molar-refractivity contribution >= 4 is 29.3 Å². The number of pyridine rings is 1. The largest absolute Gasteiger partial charge is 0.481 e. The van der Waals surface area contributed by atoms with Gasteiger partial charge in [-0.25, -0.2) is 9.37 Å². The summed E-state index contributed by atoms with van der Waals surface area (Å²) in [6.07, 6.45) is -6.85. The van der Waals surface area contributed by atoms with Crippen LogP contribution in [0.2, 0.25) is 5.02 Å². The molecule has 3 atom stereocenters. The Kier molecular flexibility index (Phi) is 6.61. The van der Waals surface area contributed by atoms with Gasteiger partial charge in [-0.05, 0) is 43.2 Å². The van der Waals surface area contributed by atoms with Crippen LogP contribution in [0.15, 0.2) is 30.3 Å². The molecule has 1 aliphatic heterocycles. The second-order valence-corrected chi connectivity index (χ2v) is 7.74. The average molecular weight is 476 g/mol. The number of benzene rings is 1. The second-order valence-electron chi connectivity index (χ2n) is 7.34. The maximum absolute atomic E-state index is 13.3. The first-order chi connectivity index (χ1) is 14.9. The lowest BCUT2D eigenvalue weighted by Crippen LogP contribution is -2.47. The van der Waals surface area contributed by atoms with E-state index in [1.165, 1.54) is 19.1 Å². The van der Waals surface area contributed by atoms with E-state index in [-0.39, 0.29) is 29.5 Å². The molecule has 1 aliphatic rings. The predicted octanol–water partition coefficient (Wildman–Crippen LogP) is 3.12. The number of rotatable bonds is 5. The monoisotopic (exact) mass is 475 g/mol. The van der Waals surface area contributed by atoms with E-state index in [1.54, 1.807) is 0 Å². The van der Waals surface area contributed by atoms with Crippen molar-refractivity contribution in [3.05, 3.63) is 58.0 Å². The molecule has 1 saturated heterocycles. The average Bonchev–Trinajstić information content (AvgIpc) is 3.05. The Morgan fingerprint density at radius 3 is 2.56 bits per heavy atom. The van der Waals surface area contributed by atoms with Gasteiger partial charge in [0.1, 0.15) is 29.8 Å². The quantitative estimate of drug-likeness (QED) is 0.574. The van der Waals surface area contributed by atoms with Gasteiger partial charge in [0.05, 0.1) is 10.6 Å². The Balaban J connectivity index is 1.90. The van der Waals surface area contributed by atoms with Crippen LogP contribution in [-0.2, 0) is 22.3 Å². The van der Waals surface area contributed by atoms with Crippen LogP contribution < -0.4 is 10.2 Å². The van der Waals surface area contributed by atoms with Crippen LogP contribution in [0.25, 0.3) is 0 Å². The summed E-state index contributed by atoms with van der Waals surface area (Å²) in [5.41, 5.74) is -0.635. The molecule has 0 radical (unpaired) electrons. The van der Waals surface area contributed by atoms with Gasteiger partial charge in [0, 0.05) is 12.2 Å². The van der Waals surface area contributed by atoms with Crippen LogP contribution in [0.1, 0.15) is 23.2 Å². The van der Waals surface area contributed by atoms with Gasteiger partial charge in [0.2, 0.25) is 5.91 Å². The number of carbonyl (C=O) groups is 2. The number of hydrogen-bond donors (Lipinski definition) is 3. The van der Waals surface area contributed by atoms with Crippen LogP contribution in [-0.4, -0.2) is 39.3 Å². The topological polar surface area (TPSA) is 103 Å². The van der Waals surface area contributed by atoms with E-state index in [2.05, 4.69) is 10.3 Å². The zero-order chi connectivity index (χ0) is 23.8. The first-order valence-corrected chi connectivity index (χ1v) is 9.73. The molecule has 2 heterocycles. The molecule has 3 N–H and O–H groups in total. The van der Waals surface area contributed by atoms with Crippen molar-refractivity contribution in [3.63, 3.8) is 0 Å². The van der Waals surface area contributed by atoms with Crippen molar-refractivity contribution < 1.29 is 37.4 Å². The van der Waals surface area contributed by atoms with Crippen molar-refractivity contribution in [2.75, 3.05) is 4.90 Å². The smallest absolute Gasteiger partial charge is 0.416 e. The molecule has 12 heteroatoms. The number of aliphatic hydroxyl groups is 1. The highest BCUT2D eigenvalue weighted by Gasteiger charge is 2.48. The minimum atomic E-state index is -4.71. The van der Waals surface area contributed by atoms with E-state index in [0.29, 0.717) is 11.6 Å². The SMILES string of the molecule is Cc1cc(C(F)(F)F)cc(N2[C@H](C(=O)NCc3ccc(F)c(Cl)c3)CC(C(=O)O)[C@@H]2O)n1. The number of aliphatic carboxylic acids is 1. The van der Waals surface area contributed by atoms with Crippen molar-refractivity contribution in [1.29, 1.82) is 0 Å². The number of halogens is 5. The molecule has 0 bridgehead atoms. The summed E-state index contributed by atoms with van der Waals surface area (Å²) in [4.78, 5) is 29.2. The molecule has 1 unspecified atom stereocenters. The third-order valence-electron chi connectivity index (χ3n) is 5.06. The van der Waals surface area contributed by atoms with Crippen molar-refractivity contribution in [1.82, 2.24) is 10.3 Å². The molecule has 1 aromatic heterocycles. The van der Waals surface area contributed by atoms with Crippen LogP contribution in [0.3, 0.4) is 0 Å². The lowest BCUT2D eigenvalue weighted by atomic mass is 10.0. The van der Waals surface area contributed by atoms with Gasteiger partial charge >= 0.3 is 12.1 Å². The third kappa shape index (κ3) is 4.94. The van der Waals surface area contributed by atoms with Crippen LogP contribution >= 0.6 is 11.6 Å². The second kappa shape index (κ2) is 8.91. The fourth-order valence-electron chi connectivity index (χ4n) is 3.51. The van der Waals surface area contributed by atoms with Crippen LogP contribution in [0, 0.1) is 18.7 Å². The molecule has 1 amide bonds. The maximum atomic E-state index is 13.3. The Labute approximate surface area is 184 Å². The lowest BCUT2D eigenvalue weighted by Gasteiger charge is -2.29. The highest BCUT2D eigenvalue weighted by Crippen LogP contribution is 2.37. The fourth-order valence-corrected chi connectivity index (χ4v) is 3.72. The number of carboxylic acids is 1. The number of amides is 1. The minimum Gasteiger partial charge on any atom is -0.481 e. The highest BCUT2D eigenvalue weighted by atomic mass is 35.5. The molecule has 0 spiro atoms. The molecule has 7 nitrogen and oxygen atoms in total. The number of nitrogens with zero attached hydrogens (tertiary/aromatic N) is 2. The fraction of sp³-hybridized carbons (Fsp3) is 0.350. The molecule has 0 saturated carbocycles. The number of aliphatic hydroxyl groups excluding tert-OH is 1. The number of carboxylic acid groups (broad SMARTS) is 1.